The van der Waals surface area contributed by atoms with Gasteiger partial charge in [0.1, 0.15) is 0 Å². The van der Waals surface area contributed by atoms with Crippen molar-refractivity contribution in [2.75, 3.05) is 13.2 Å². The molecule has 1 nitrogen and oxygen atoms in total. The Morgan fingerprint density at radius 2 is 2.22 bits per heavy atom. The Hall–Kier alpha value is 1.21. The third-order valence-corrected chi connectivity index (χ3v) is 5.79. The molecule has 0 aromatic rings. The summed E-state index contributed by atoms with van der Waals surface area (Å²) in [4.78, 5) is 0. The van der Waals surface area contributed by atoms with E-state index in [0.717, 1.165) is 17.3 Å². The van der Waals surface area contributed by atoms with Gasteiger partial charge in [-0.3, -0.25) is 0 Å². The van der Waals surface area contributed by atoms with E-state index >= 15 is 0 Å². The molecular weight excluding hydrogens is 192 g/mol. The fourth-order valence-corrected chi connectivity index (χ4v) is 3.83. The predicted molar refractivity (Wildman–Crippen MR) is 43.1 cm³/mol. The number of rotatable bonds is 1. The Morgan fingerprint density at radius 1 is 1.33 bits per heavy atom. The highest BCUT2D eigenvalue weighted by atomic mass is 79.9. The summed E-state index contributed by atoms with van der Waals surface area (Å²) in [7, 11) is 0. The van der Waals surface area contributed by atoms with Crippen molar-refractivity contribution in [2.45, 2.75) is 23.3 Å². The van der Waals surface area contributed by atoms with Gasteiger partial charge in [0.05, 0.1) is 0 Å². The Bertz CT molecular complexity index is 71.5. The minimum atomic E-state index is 0.0785. The maximum atomic E-state index is 5.33. The molecule has 1 saturated heterocycles. The molecule has 1 fully saturated rings. The number of halogens is 1. The van der Waals surface area contributed by atoms with Gasteiger partial charge in [-0.2, -0.15) is 0 Å². The Kier molecular flexibility index (Phi) is 4.56. The van der Waals surface area contributed by atoms with Crippen LogP contribution in [0.25, 0.3) is 0 Å². The van der Waals surface area contributed by atoms with E-state index in [1.165, 1.54) is 19.3 Å². The molecule has 0 saturated carbocycles. The highest BCUT2D eigenvalue weighted by Crippen LogP contribution is 2.21. The summed E-state index contributed by atoms with van der Waals surface area (Å²) in [6, 6.07) is 0. The van der Waals surface area contributed by atoms with Crippen LogP contribution in [0.2, 0.25) is 4.05 Å². The number of hydrogen-bond acceptors (Lipinski definition) is 1. The van der Waals surface area contributed by atoms with E-state index in [4.69, 9.17) is 4.74 Å². The van der Waals surface area contributed by atoms with Crippen molar-refractivity contribution < 1.29 is 4.74 Å². The Balaban J connectivity index is 2.18. The average Bonchev–Trinajstić information content (AvgIpc) is 2.13. The van der Waals surface area contributed by atoms with Crippen LogP contribution in [-0.4, -0.2) is 31.4 Å². The van der Waals surface area contributed by atoms with Gasteiger partial charge in [0.25, 0.3) is 0 Å². The SMILES string of the molecule is [Br][Mg][CH]1CCCOCC1. The van der Waals surface area contributed by atoms with E-state index in [1.54, 1.807) is 0 Å². The summed E-state index contributed by atoms with van der Waals surface area (Å²) in [6.07, 6.45) is 3.98. The maximum Gasteiger partial charge on any atom is 0.471 e. The zero-order valence-corrected chi connectivity index (χ0v) is 8.61. The second-order valence-corrected chi connectivity index (χ2v) is 5.97. The van der Waals surface area contributed by atoms with Gasteiger partial charge < -0.3 is 17.6 Å². The van der Waals surface area contributed by atoms with Crippen molar-refractivity contribution in [1.82, 2.24) is 0 Å². The van der Waals surface area contributed by atoms with E-state index in [-0.39, 0.29) is 18.2 Å². The summed E-state index contributed by atoms with van der Waals surface area (Å²) >= 11 is 3.71. The van der Waals surface area contributed by atoms with Gasteiger partial charge in [-0.1, -0.05) is 6.42 Å². The van der Waals surface area contributed by atoms with Crippen molar-refractivity contribution in [3.05, 3.63) is 0 Å². The maximum absolute atomic E-state index is 5.33. The molecule has 50 valence electrons. The van der Waals surface area contributed by atoms with Crippen LogP contribution in [0.4, 0.5) is 0 Å². The molecule has 0 aliphatic carbocycles. The molecule has 1 unspecified atom stereocenters. The minimum absolute atomic E-state index is 0.0785. The van der Waals surface area contributed by atoms with E-state index in [0.29, 0.717) is 0 Å². The predicted octanol–water partition coefficient (Wildman–Crippen LogP) is 1.99. The quantitative estimate of drug-likeness (QED) is 0.592. The highest BCUT2D eigenvalue weighted by Gasteiger charge is 2.12. The zero-order chi connectivity index (χ0) is 6.53. The van der Waals surface area contributed by atoms with Crippen LogP contribution >= 0.6 is 12.9 Å². The molecule has 3 heteroatoms. The molecule has 1 aliphatic rings. The first-order valence-corrected chi connectivity index (χ1v) is 8.28. The number of hydrogen-bond donors (Lipinski definition) is 0. The van der Waals surface area contributed by atoms with Crippen molar-refractivity contribution in [3.8, 4) is 0 Å². The van der Waals surface area contributed by atoms with Gasteiger partial charge in [0, 0.05) is 13.2 Å². The molecule has 1 rings (SSSR count). The highest BCUT2D eigenvalue weighted by molar-refractivity contribution is 9.23. The van der Waals surface area contributed by atoms with Crippen LogP contribution in [-0.2, 0) is 4.74 Å². The molecule has 0 radical (unpaired) electrons. The lowest BCUT2D eigenvalue weighted by Gasteiger charge is -2.05. The third-order valence-electron chi connectivity index (χ3n) is 1.79. The number of ether oxygens (including phenoxy) is 1. The van der Waals surface area contributed by atoms with Crippen molar-refractivity contribution >= 4 is 31.1 Å². The normalized spacial score (nSPS) is 28.8. The molecule has 0 aromatic carbocycles. The fourth-order valence-electron chi connectivity index (χ4n) is 1.12. The molecule has 0 aromatic heterocycles. The van der Waals surface area contributed by atoms with Crippen LogP contribution in [0, 0.1) is 0 Å². The Morgan fingerprint density at radius 3 is 3.00 bits per heavy atom. The molecule has 1 aliphatic heterocycles. The summed E-state index contributed by atoms with van der Waals surface area (Å²) in [5, 5.41) is 0. The van der Waals surface area contributed by atoms with E-state index in [2.05, 4.69) is 12.9 Å². The minimum Gasteiger partial charge on any atom is -0.382 e. The lowest BCUT2D eigenvalue weighted by Crippen LogP contribution is -1.97. The summed E-state index contributed by atoms with van der Waals surface area (Å²) in [5.41, 5.74) is 0. The lowest BCUT2D eigenvalue weighted by molar-refractivity contribution is 0.144. The fraction of sp³-hybridized carbons (Fsp3) is 1.00. The lowest BCUT2D eigenvalue weighted by atomic mass is 10.2. The van der Waals surface area contributed by atoms with Crippen LogP contribution in [0.5, 0.6) is 0 Å². The van der Waals surface area contributed by atoms with E-state index < -0.39 is 0 Å². The second kappa shape index (κ2) is 4.94. The van der Waals surface area contributed by atoms with Crippen molar-refractivity contribution in [3.63, 3.8) is 0 Å². The van der Waals surface area contributed by atoms with Crippen molar-refractivity contribution in [2.24, 2.45) is 0 Å². The van der Waals surface area contributed by atoms with Gasteiger partial charge >= 0.3 is 18.2 Å². The van der Waals surface area contributed by atoms with E-state index in [9.17, 15) is 0 Å². The molecule has 1 heterocycles. The summed E-state index contributed by atoms with van der Waals surface area (Å²) in [6.45, 7) is 2.00. The largest absolute Gasteiger partial charge is 0.471 e. The van der Waals surface area contributed by atoms with Crippen LogP contribution in [0.3, 0.4) is 0 Å². The molecule has 1 atom stereocenters. The standard InChI is InChI=1S/C6H11O.BrH.Mg/c1-2-4-6-7-5-3-1;;/h1H,2-6H2;1H;/q;;+1/p-1. The zero-order valence-electron chi connectivity index (χ0n) is 5.61. The average molecular weight is 203 g/mol. The van der Waals surface area contributed by atoms with Gasteiger partial charge in [-0.05, 0) is 12.8 Å². The van der Waals surface area contributed by atoms with Gasteiger partial charge in [-0.15, -0.1) is 4.05 Å². The molecule has 0 amide bonds. The molecule has 0 N–H and O–H groups in total. The third kappa shape index (κ3) is 3.21. The van der Waals surface area contributed by atoms with Crippen LogP contribution in [0.15, 0.2) is 0 Å². The molecular formula is C6H11BrMgO. The smallest absolute Gasteiger partial charge is 0.382 e. The van der Waals surface area contributed by atoms with E-state index in [1.807, 2.05) is 0 Å². The monoisotopic (exact) mass is 202 g/mol. The van der Waals surface area contributed by atoms with Gasteiger partial charge in [0.2, 0.25) is 0 Å². The first kappa shape index (κ1) is 8.30. The van der Waals surface area contributed by atoms with Crippen LogP contribution < -0.4 is 0 Å². The summed E-state index contributed by atoms with van der Waals surface area (Å²) in [5.74, 6) is 0. The molecule has 0 bridgehead atoms. The van der Waals surface area contributed by atoms with Gasteiger partial charge in [-0.25, -0.2) is 0 Å². The first-order valence-electron chi connectivity index (χ1n) is 3.57. The Labute approximate surface area is 72.1 Å². The van der Waals surface area contributed by atoms with Crippen LogP contribution in [0.1, 0.15) is 19.3 Å². The van der Waals surface area contributed by atoms with Crippen molar-refractivity contribution in [1.29, 1.82) is 0 Å². The first-order chi connectivity index (χ1) is 4.43. The van der Waals surface area contributed by atoms with Gasteiger partial charge in [0.15, 0.2) is 0 Å². The molecule has 9 heavy (non-hydrogen) atoms. The summed E-state index contributed by atoms with van der Waals surface area (Å²) < 4.78 is 6.33. The topological polar surface area (TPSA) is 9.23 Å². The molecule has 0 spiro atoms. The second-order valence-electron chi connectivity index (χ2n) is 2.56.